The van der Waals surface area contributed by atoms with Gasteiger partial charge in [0.1, 0.15) is 12.2 Å². The minimum absolute atomic E-state index is 0.142. The van der Waals surface area contributed by atoms with E-state index in [1.807, 2.05) is 0 Å². The van der Waals surface area contributed by atoms with Crippen molar-refractivity contribution in [1.29, 1.82) is 0 Å². The highest BCUT2D eigenvalue weighted by Gasteiger charge is 2.50. The Kier molecular flexibility index (Phi) is 7.67. The molecule has 2 saturated heterocycles. The summed E-state index contributed by atoms with van der Waals surface area (Å²) in [6.07, 6.45) is 12.9. The number of ether oxygens (including phenoxy) is 2. The first kappa shape index (κ1) is 17.7. The number of hydrogen-bond donors (Lipinski definition) is 1. The lowest BCUT2D eigenvalue weighted by Gasteiger charge is -2.16. The van der Waals surface area contributed by atoms with E-state index in [-0.39, 0.29) is 18.2 Å². The predicted octanol–water partition coefficient (Wildman–Crippen LogP) is 3.74. The summed E-state index contributed by atoms with van der Waals surface area (Å²) in [6, 6.07) is 0. The molecule has 1 N–H and O–H groups in total. The van der Waals surface area contributed by atoms with Gasteiger partial charge in [0.15, 0.2) is 6.10 Å². The highest BCUT2D eigenvalue weighted by atomic mass is 16.6. The average Bonchev–Trinajstić information content (AvgIpc) is 2.99. The lowest BCUT2D eigenvalue weighted by Crippen LogP contribution is -2.31. The summed E-state index contributed by atoms with van der Waals surface area (Å²) in [5, 5.41) is 10.1. The number of aliphatic hydroxyl groups excluding tert-OH is 1. The maximum atomic E-state index is 11.1. The van der Waals surface area contributed by atoms with Gasteiger partial charge in [0, 0.05) is 0 Å². The zero-order valence-corrected chi connectivity index (χ0v) is 14.0. The van der Waals surface area contributed by atoms with E-state index in [1.165, 1.54) is 57.8 Å². The molecule has 0 radical (unpaired) electrons. The van der Waals surface area contributed by atoms with Gasteiger partial charge in [0.2, 0.25) is 0 Å². The maximum absolute atomic E-state index is 11.1. The van der Waals surface area contributed by atoms with Crippen LogP contribution in [0.5, 0.6) is 0 Å². The van der Waals surface area contributed by atoms with Crippen LogP contribution in [0.1, 0.15) is 84.0 Å². The van der Waals surface area contributed by atoms with Crippen LogP contribution in [0.25, 0.3) is 0 Å². The molecule has 0 unspecified atom stereocenters. The Labute approximate surface area is 134 Å². The van der Waals surface area contributed by atoms with Crippen molar-refractivity contribution in [1.82, 2.24) is 0 Å². The molecule has 0 bridgehead atoms. The van der Waals surface area contributed by atoms with E-state index in [2.05, 4.69) is 6.92 Å². The summed E-state index contributed by atoms with van der Waals surface area (Å²) in [5.74, 6) is -0.244. The third kappa shape index (κ3) is 5.24. The zero-order chi connectivity index (χ0) is 15.8. The Bertz CT molecular complexity index is 331. The number of hydrogen-bond acceptors (Lipinski definition) is 4. The van der Waals surface area contributed by atoms with Crippen LogP contribution in [0, 0.1) is 0 Å². The summed E-state index contributed by atoms with van der Waals surface area (Å²) in [7, 11) is 0. The molecule has 0 amide bonds. The molecule has 0 aromatic carbocycles. The summed E-state index contributed by atoms with van der Waals surface area (Å²) >= 11 is 0. The molecule has 4 nitrogen and oxygen atoms in total. The summed E-state index contributed by atoms with van der Waals surface area (Å²) in [6.45, 7) is 2.25. The van der Waals surface area contributed by atoms with Gasteiger partial charge in [-0.25, -0.2) is 0 Å². The van der Waals surface area contributed by atoms with E-state index in [9.17, 15) is 9.90 Å². The van der Waals surface area contributed by atoms with Crippen molar-refractivity contribution < 1.29 is 19.4 Å². The second kappa shape index (κ2) is 9.51. The third-order valence-corrected chi connectivity index (χ3v) is 4.91. The van der Waals surface area contributed by atoms with Crippen molar-refractivity contribution in [3.8, 4) is 0 Å². The van der Waals surface area contributed by atoms with Gasteiger partial charge in [-0.2, -0.15) is 0 Å². The fourth-order valence-corrected chi connectivity index (χ4v) is 3.56. The van der Waals surface area contributed by atoms with Crippen LogP contribution in [0.15, 0.2) is 0 Å². The van der Waals surface area contributed by atoms with E-state index in [1.54, 1.807) is 0 Å². The normalized spacial score (nSPS) is 30.5. The number of esters is 1. The number of aliphatic hydroxyl groups is 1. The predicted molar refractivity (Wildman–Crippen MR) is 85.6 cm³/mol. The SMILES string of the molecule is CCCCCCCCCCCC[C@H]1O[C@@H]2CC(=O)O[C@@H]2[C@H]1O. The van der Waals surface area contributed by atoms with Gasteiger partial charge in [-0.1, -0.05) is 71.1 Å². The molecule has 4 heteroatoms. The molecule has 0 aromatic rings. The van der Waals surface area contributed by atoms with E-state index in [4.69, 9.17) is 9.47 Å². The van der Waals surface area contributed by atoms with Crippen molar-refractivity contribution in [2.45, 2.75) is 108 Å². The molecule has 128 valence electrons. The number of fused-ring (bicyclic) bond motifs is 1. The maximum Gasteiger partial charge on any atom is 0.309 e. The van der Waals surface area contributed by atoms with Crippen molar-refractivity contribution in [2.24, 2.45) is 0 Å². The molecule has 2 fully saturated rings. The minimum atomic E-state index is -0.630. The van der Waals surface area contributed by atoms with E-state index < -0.39 is 12.2 Å². The molecule has 4 atom stereocenters. The van der Waals surface area contributed by atoms with Crippen LogP contribution in [0.4, 0.5) is 0 Å². The molecule has 2 aliphatic rings. The molecule has 22 heavy (non-hydrogen) atoms. The lowest BCUT2D eigenvalue weighted by atomic mass is 10.0. The van der Waals surface area contributed by atoms with Crippen molar-refractivity contribution in [2.75, 3.05) is 0 Å². The Morgan fingerprint density at radius 2 is 1.59 bits per heavy atom. The fourth-order valence-electron chi connectivity index (χ4n) is 3.56. The Hall–Kier alpha value is -0.610. The average molecular weight is 312 g/mol. The number of carbonyl (C=O) groups is 1. The standard InChI is InChI=1S/C18H32O4/c1-2-3-4-5-6-7-8-9-10-11-12-14-17(20)18-15(21-14)13-16(19)22-18/h14-15,17-18,20H,2-13H2,1H3/t14-,15-,17+,18+/m1/s1. The molecule has 2 heterocycles. The largest absolute Gasteiger partial charge is 0.457 e. The first-order chi connectivity index (χ1) is 10.7. The summed E-state index contributed by atoms with van der Waals surface area (Å²) in [5.41, 5.74) is 0. The summed E-state index contributed by atoms with van der Waals surface area (Å²) < 4.78 is 10.9. The van der Waals surface area contributed by atoms with Crippen LogP contribution in [-0.4, -0.2) is 35.5 Å². The molecule has 0 spiro atoms. The monoisotopic (exact) mass is 312 g/mol. The van der Waals surface area contributed by atoms with Gasteiger partial charge in [0.25, 0.3) is 0 Å². The van der Waals surface area contributed by atoms with Crippen molar-refractivity contribution in [3.05, 3.63) is 0 Å². The Balaban J connectivity index is 1.44. The molecule has 0 aliphatic carbocycles. The van der Waals surface area contributed by atoms with Gasteiger partial charge < -0.3 is 14.6 Å². The van der Waals surface area contributed by atoms with Gasteiger partial charge in [-0.05, 0) is 6.42 Å². The Morgan fingerprint density at radius 1 is 1.00 bits per heavy atom. The number of rotatable bonds is 11. The van der Waals surface area contributed by atoms with Gasteiger partial charge >= 0.3 is 5.97 Å². The van der Waals surface area contributed by atoms with Gasteiger partial charge in [-0.3, -0.25) is 4.79 Å². The van der Waals surface area contributed by atoms with Crippen LogP contribution in [0.2, 0.25) is 0 Å². The van der Waals surface area contributed by atoms with E-state index >= 15 is 0 Å². The van der Waals surface area contributed by atoms with Crippen LogP contribution < -0.4 is 0 Å². The van der Waals surface area contributed by atoms with Gasteiger partial charge in [-0.15, -0.1) is 0 Å². The number of unbranched alkanes of at least 4 members (excludes halogenated alkanes) is 9. The minimum Gasteiger partial charge on any atom is -0.457 e. The lowest BCUT2D eigenvalue weighted by molar-refractivity contribution is -0.145. The van der Waals surface area contributed by atoms with Crippen LogP contribution in [-0.2, 0) is 14.3 Å². The van der Waals surface area contributed by atoms with Crippen LogP contribution >= 0.6 is 0 Å². The smallest absolute Gasteiger partial charge is 0.309 e. The highest BCUT2D eigenvalue weighted by Crippen LogP contribution is 2.33. The molecule has 2 rings (SSSR count). The second-order valence-corrected chi connectivity index (χ2v) is 6.83. The molecule has 0 saturated carbocycles. The first-order valence-electron chi connectivity index (χ1n) is 9.25. The van der Waals surface area contributed by atoms with Crippen molar-refractivity contribution >= 4 is 5.97 Å². The number of carbonyl (C=O) groups excluding carboxylic acids is 1. The zero-order valence-electron chi connectivity index (χ0n) is 14.0. The first-order valence-corrected chi connectivity index (χ1v) is 9.25. The highest BCUT2D eigenvalue weighted by molar-refractivity contribution is 5.72. The van der Waals surface area contributed by atoms with E-state index in [0.717, 1.165) is 12.8 Å². The quantitative estimate of drug-likeness (QED) is 0.466. The molecule has 2 aliphatic heterocycles. The van der Waals surface area contributed by atoms with E-state index in [0.29, 0.717) is 6.42 Å². The summed E-state index contributed by atoms with van der Waals surface area (Å²) in [4.78, 5) is 11.1. The van der Waals surface area contributed by atoms with Crippen LogP contribution in [0.3, 0.4) is 0 Å². The molecular weight excluding hydrogens is 280 g/mol. The third-order valence-electron chi connectivity index (χ3n) is 4.91. The second-order valence-electron chi connectivity index (χ2n) is 6.83. The topological polar surface area (TPSA) is 55.8 Å². The van der Waals surface area contributed by atoms with Gasteiger partial charge in [0.05, 0.1) is 12.5 Å². The fraction of sp³-hybridized carbons (Fsp3) is 0.944. The Morgan fingerprint density at radius 3 is 2.18 bits per heavy atom. The molecule has 0 aromatic heterocycles. The van der Waals surface area contributed by atoms with Crippen molar-refractivity contribution in [3.63, 3.8) is 0 Å². The molecular formula is C18H32O4.